The summed E-state index contributed by atoms with van der Waals surface area (Å²) in [7, 11) is 0. The molecule has 0 saturated heterocycles. The molecule has 2 amide bonds. The van der Waals surface area contributed by atoms with Gasteiger partial charge < -0.3 is 15.7 Å². The predicted molar refractivity (Wildman–Crippen MR) is 158 cm³/mol. The van der Waals surface area contributed by atoms with E-state index in [1.54, 1.807) is 30.2 Å². The van der Waals surface area contributed by atoms with Crippen molar-refractivity contribution in [3.05, 3.63) is 70.8 Å². The van der Waals surface area contributed by atoms with Crippen molar-refractivity contribution < 1.29 is 23.5 Å². The second-order valence-corrected chi connectivity index (χ2v) is 11.6. The van der Waals surface area contributed by atoms with Gasteiger partial charge in [-0.15, -0.1) is 0 Å². The number of halogens is 2. The first-order valence-corrected chi connectivity index (χ1v) is 14.9. The molecule has 3 rings (SSSR count). The Kier molecular flexibility index (Phi) is 11.3. The summed E-state index contributed by atoms with van der Waals surface area (Å²) in [6, 6.07) is 4.89. The van der Waals surface area contributed by atoms with Crippen LogP contribution in [0.4, 0.5) is 8.78 Å². The van der Waals surface area contributed by atoms with E-state index in [9.17, 15) is 23.5 Å². The molecular weight excluding hydrogens is 540 g/mol. The number of primary amides is 1. The summed E-state index contributed by atoms with van der Waals surface area (Å²) >= 11 is 0. The lowest BCUT2D eigenvalue weighted by molar-refractivity contribution is -0.148. The van der Waals surface area contributed by atoms with Crippen LogP contribution in [0.25, 0.3) is 0 Å². The number of hydrogen-bond donors (Lipinski definition) is 3. The number of hydrogen-bond acceptors (Lipinski definition) is 6. The SMILES string of the molecule is CCCN(CCC)C(=O)C1(NCc2ccnc(CC)n2)CC(C)=C[C@](Cc2cc(F)cc(F)c2)(C(N)=O)[C@H]1CC(C)O. The largest absolute Gasteiger partial charge is 0.393 e. The molecule has 0 aliphatic heterocycles. The molecule has 0 bridgehead atoms. The molecule has 42 heavy (non-hydrogen) atoms. The number of rotatable bonds is 14. The highest BCUT2D eigenvalue weighted by Crippen LogP contribution is 2.50. The minimum atomic E-state index is -1.54. The molecule has 1 aromatic carbocycles. The number of aromatic nitrogens is 2. The maximum atomic E-state index is 14.8. The van der Waals surface area contributed by atoms with E-state index >= 15 is 0 Å². The molecule has 1 aromatic heterocycles. The van der Waals surface area contributed by atoms with Crippen molar-refractivity contribution >= 4 is 11.8 Å². The zero-order valence-electron chi connectivity index (χ0n) is 25.4. The van der Waals surface area contributed by atoms with Gasteiger partial charge in [0, 0.05) is 44.2 Å². The van der Waals surface area contributed by atoms with Crippen LogP contribution >= 0.6 is 0 Å². The van der Waals surface area contributed by atoms with E-state index in [2.05, 4.69) is 15.3 Å². The Morgan fingerprint density at radius 1 is 1.17 bits per heavy atom. The highest BCUT2D eigenvalue weighted by molar-refractivity contribution is 5.92. The zero-order valence-corrected chi connectivity index (χ0v) is 25.4. The van der Waals surface area contributed by atoms with Crippen LogP contribution < -0.4 is 11.1 Å². The van der Waals surface area contributed by atoms with E-state index in [0.717, 1.165) is 24.5 Å². The monoisotopic (exact) mass is 585 g/mol. The summed E-state index contributed by atoms with van der Waals surface area (Å²) in [6.45, 7) is 10.6. The Balaban J connectivity index is 2.27. The first-order valence-electron chi connectivity index (χ1n) is 14.9. The zero-order chi connectivity index (χ0) is 31.1. The smallest absolute Gasteiger partial charge is 0.243 e. The molecule has 0 spiro atoms. The molecule has 0 saturated carbocycles. The van der Waals surface area contributed by atoms with Crippen molar-refractivity contribution in [1.29, 1.82) is 0 Å². The van der Waals surface area contributed by atoms with Crippen LogP contribution in [0.2, 0.25) is 0 Å². The average molecular weight is 586 g/mol. The number of aryl methyl sites for hydroxylation is 1. The Hall–Kier alpha value is -3.24. The molecule has 2 unspecified atom stereocenters. The van der Waals surface area contributed by atoms with E-state index in [-0.39, 0.29) is 37.3 Å². The third-order valence-electron chi connectivity index (χ3n) is 8.05. The van der Waals surface area contributed by atoms with Crippen LogP contribution in [-0.4, -0.2) is 56.5 Å². The fraction of sp³-hybridized carbons (Fsp3) is 0.562. The van der Waals surface area contributed by atoms with Crippen molar-refractivity contribution in [2.75, 3.05) is 13.1 Å². The van der Waals surface area contributed by atoms with Crippen LogP contribution in [0.15, 0.2) is 42.1 Å². The summed E-state index contributed by atoms with van der Waals surface area (Å²) in [5.41, 5.74) is 4.92. The molecule has 10 heteroatoms. The van der Waals surface area contributed by atoms with Crippen molar-refractivity contribution in [1.82, 2.24) is 20.2 Å². The van der Waals surface area contributed by atoms with Gasteiger partial charge in [-0.3, -0.25) is 14.9 Å². The Bertz CT molecular complexity index is 1260. The molecule has 0 radical (unpaired) electrons. The fourth-order valence-electron chi connectivity index (χ4n) is 6.48. The summed E-state index contributed by atoms with van der Waals surface area (Å²) in [5.74, 6) is -2.68. The number of carbonyl (C=O) groups is 2. The van der Waals surface area contributed by atoms with E-state index in [1.807, 2.05) is 27.7 Å². The molecule has 8 nitrogen and oxygen atoms in total. The van der Waals surface area contributed by atoms with Gasteiger partial charge in [-0.1, -0.05) is 32.4 Å². The lowest BCUT2D eigenvalue weighted by Crippen LogP contribution is -2.69. The van der Waals surface area contributed by atoms with Gasteiger partial charge in [-0.05, 0) is 69.7 Å². The van der Waals surface area contributed by atoms with Crippen LogP contribution in [0, 0.1) is 23.0 Å². The van der Waals surface area contributed by atoms with E-state index in [1.165, 1.54) is 12.1 Å². The van der Waals surface area contributed by atoms with Gasteiger partial charge >= 0.3 is 0 Å². The first-order chi connectivity index (χ1) is 19.9. The second-order valence-electron chi connectivity index (χ2n) is 11.6. The third-order valence-corrected chi connectivity index (χ3v) is 8.05. The number of aliphatic hydroxyl groups is 1. The summed E-state index contributed by atoms with van der Waals surface area (Å²) in [5, 5.41) is 14.3. The molecule has 1 heterocycles. The second kappa shape index (κ2) is 14.3. The maximum absolute atomic E-state index is 14.8. The highest BCUT2D eigenvalue weighted by atomic mass is 19.1. The summed E-state index contributed by atoms with van der Waals surface area (Å²) in [6.07, 6.45) is 4.75. The van der Waals surface area contributed by atoms with Gasteiger partial charge in [-0.2, -0.15) is 0 Å². The van der Waals surface area contributed by atoms with Crippen LogP contribution in [-0.2, 0) is 29.0 Å². The van der Waals surface area contributed by atoms with Crippen LogP contribution in [0.5, 0.6) is 0 Å². The van der Waals surface area contributed by atoms with Gasteiger partial charge in [0.1, 0.15) is 23.0 Å². The molecular formula is C32H45F2N5O3. The maximum Gasteiger partial charge on any atom is 0.243 e. The Morgan fingerprint density at radius 2 is 1.81 bits per heavy atom. The predicted octanol–water partition coefficient (Wildman–Crippen LogP) is 4.25. The molecule has 230 valence electrons. The van der Waals surface area contributed by atoms with Crippen LogP contribution in [0.3, 0.4) is 0 Å². The van der Waals surface area contributed by atoms with Gasteiger partial charge in [-0.25, -0.2) is 18.7 Å². The van der Waals surface area contributed by atoms with Crippen molar-refractivity contribution in [3.63, 3.8) is 0 Å². The average Bonchev–Trinajstić information content (AvgIpc) is 2.92. The minimum Gasteiger partial charge on any atom is -0.393 e. The van der Waals surface area contributed by atoms with E-state index in [4.69, 9.17) is 5.73 Å². The van der Waals surface area contributed by atoms with Gasteiger partial charge in [0.05, 0.1) is 17.2 Å². The quantitative estimate of drug-likeness (QED) is 0.285. The lowest BCUT2D eigenvalue weighted by atomic mass is 9.55. The van der Waals surface area contributed by atoms with E-state index in [0.29, 0.717) is 31.0 Å². The highest BCUT2D eigenvalue weighted by Gasteiger charge is 2.60. The topological polar surface area (TPSA) is 121 Å². The normalized spacial score (nSPS) is 22.9. The molecule has 4 N–H and O–H groups in total. The Labute approximate surface area is 247 Å². The fourth-order valence-corrected chi connectivity index (χ4v) is 6.48. The molecule has 0 fully saturated rings. The molecule has 2 aromatic rings. The number of nitrogens with two attached hydrogens (primary N) is 1. The number of carbonyl (C=O) groups excluding carboxylic acids is 2. The van der Waals surface area contributed by atoms with E-state index < -0.39 is 40.5 Å². The molecule has 1 aliphatic carbocycles. The third kappa shape index (κ3) is 7.39. The van der Waals surface area contributed by atoms with Crippen molar-refractivity contribution in [2.24, 2.45) is 17.1 Å². The number of amides is 2. The minimum absolute atomic E-state index is 0.0410. The number of benzene rings is 1. The molecule has 1 aliphatic rings. The standard InChI is InChI=1S/C32H45F2N5O3/c1-6-11-39(12-7-2)30(42)32(37-20-26-9-10-36-28(8-3)38-26)18-21(4)17-31(29(35)41,27(32)13-22(5)40)19-23-14-24(33)16-25(34)15-23/h9-10,14-17,22,27,37,40H,6-8,11-13,18-20H2,1-5H3,(H2,35,41)/t22?,27-,31-,32?/m1/s1. The Morgan fingerprint density at radius 3 is 2.36 bits per heavy atom. The lowest BCUT2D eigenvalue weighted by Gasteiger charge is -2.53. The van der Waals surface area contributed by atoms with Crippen LogP contribution in [0.1, 0.15) is 77.4 Å². The summed E-state index contributed by atoms with van der Waals surface area (Å²) in [4.78, 5) is 39.1. The van der Waals surface area contributed by atoms with Crippen molar-refractivity contribution in [2.45, 2.75) is 91.3 Å². The number of aliphatic hydroxyl groups excluding tert-OH is 1. The first kappa shape index (κ1) is 33.3. The number of nitrogens with one attached hydrogen (secondary N) is 1. The molecule has 4 atom stereocenters. The van der Waals surface area contributed by atoms with Gasteiger partial charge in [0.25, 0.3) is 0 Å². The summed E-state index contributed by atoms with van der Waals surface area (Å²) < 4.78 is 28.6. The van der Waals surface area contributed by atoms with Gasteiger partial charge in [0.15, 0.2) is 0 Å². The van der Waals surface area contributed by atoms with Crippen molar-refractivity contribution in [3.8, 4) is 0 Å². The van der Waals surface area contributed by atoms with Gasteiger partial charge in [0.2, 0.25) is 11.8 Å². The number of nitrogens with zero attached hydrogens (tertiary/aromatic N) is 3.